The van der Waals surface area contributed by atoms with Crippen molar-refractivity contribution in [2.45, 2.75) is 19.9 Å². The zero-order valence-corrected chi connectivity index (χ0v) is 10.4. The van der Waals surface area contributed by atoms with E-state index >= 15 is 0 Å². The minimum absolute atomic E-state index is 0. The Kier molecular flexibility index (Phi) is 17.3. The molecule has 11 heavy (non-hydrogen) atoms. The number of rotatable bonds is 1. The van der Waals surface area contributed by atoms with Gasteiger partial charge in [0.15, 0.2) is 5.12 Å². The molecule has 63 valence electrons. The van der Waals surface area contributed by atoms with Crippen LogP contribution in [-0.4, -0.2) is 16.9 Å². The van der Waals surface area contributed by atoms with Crippen LogP contribution < -0.4 is 5.73 Å². The summed E-state index contributed by atoms with van der Waals surface area (Å²) in [6, 6.07) is -0.537. The largest absolute Gasteiger partial charge is 0.350 e. The first kappa shape index (κ1) is 17.7. The second-order valence-corrected chi connectivity index (χ2v) is 2.37. The van der Waals surface area contributed by atoms with Gasteiger partial charge in [0.1, 0.15) is 5.78 Å². The van der Waals surface area contributed by atoms with Gasteiger partial charge in [-0.15, -0.1) is 12.6 Å². The predicted molar refractivity (Wildman–Crippen MR) is 43.7 cm³/mol. The van der Waals surface area contributed by atoms with Crippen molar-refractivity contribution in [2.75, 3.05) is 0 Å². The molecular weight excluding hydrogens is 239 g/mol. The Bertz CT molecular complexity index is 124. The van der Waals surface area contributed by atoms with E-state index in [1.807, 2.05) is 0 Å². The molecule has 0 saturated carbocycles. The normalized spacial score (nSPS) is 9.91. The maximum Gasteiger partial charge on any atom is 0.182 e. The van der Waals surface area contributed by atoms with Gasteiger partial charge >= 0.3 is 0 Å². The molecule has 1 radical (unpaired) electrons. The van der Waals surface area contributed by atoms with Crippen molar-refractivity contribution in [1.82, 2.24) is 0 Å². The van der Waals surface area contributed by atoms with Crippen LogP contribution in [0.1, 0.15) is 13.8 Å². The number of carbonyl (C=O) groups excluding carboxylic acids is 2. The fraction of sp³-hybridized carbons (Fsp3) is 0.500. The minimum Gasteiger partial charge on any atom is -0.350 e. The molecule has 0 spiro atoms. The van der Waals surface area contributed by atoms with E-state index in [2.05, 4.69) is 19.6 Å². The molecule has 0 aliphatic carbocycles. The van der Waals surface area contributed by atoms with Crippen molar-refractivity contribution in [2.24, 2.45) is 5.73 Å². The molecule has 0 aliphatic rings. The van der Waals surface area contributed by atoms with E-state index in [9.17, 15) is 9.59 Å². The Balaban J connectivity index is -0.000000114. The second-order valence-electron chi connectivity index (χ2n) is 1.74. The van der Waals surface area contributed by atoms with Crippen LogP contribution in [0.25, 0.3) is 0 Å². The summed E-state index contributed by atoms with van der Waals surface area (Å²) in [5.74, 6) is -0.0741. The monoisotopic (exact) mass is 251 g/mol. The minimum atomic E-state index is -0.537. The van der Waals surface area contributed by atoms with E-state index in [0.29, 0.717) is 0 Å². The summed E-state index contributed by atoms with van der Waals surface area (Å²) in [5, 5.41) is -0.139. The van der Waals surface area contributed by atoms with Crippen molar-refractivity contribution in [1.29, 1.82) is 0 Å². The van der Waals surface area contributed by atoms with Crippen LogP contribution in [0.3, 0.4) is 0 Å². The van der Waals surface area contributed by atoms with Crippen molar-refractivity contribution in [3.63, 3.8) is 0 Å². The molecule has 3 nitrogen and oxygen atoms in total. The molecule has 0 aromatic heterocycles. The first-order valence-corrected chi connectivity index (χ1v) is 3.11. The summed E-state index contributed by atoms with van der Waals surface area (Å²) in [4.78, 5) is 19.3. The Hall–Kier alpha value is 0.754. The molecular formula is C6H12NO2SY-. The van der Waals surface area contributed by atoms with Gasteiger partial charge in [0.2, 0.25) is 0 Å². The summed E-state index contributed by atoms with van der Waals surface area (Å²) >= 11 is 3.33. The molecule has 0 bridgehead atoms. The van der Waals surface area contributed by atoms with E-state index in [1.165, 1.54) is 13.8 Å². The molecule has 0 saturated heterocycles. The SMILES string of the molecule is CC(=O)S.[CH2-]C(N)C(C)=O.[Y]. The molecule has 0 fully saturated rings. The van der Waals surface area contributed by atoms with E-state index in [0.717, 1.165) is 0 Å². The first-order valence-electron chi connectivity index (χ1n) is 2.66. The molecule has 1 atom stereocenters. The van der Waals surface area contributed by atoms with E-state index in [4.69, 9.17) is 5.73 Å². The third-order valence-corrected chi connectivity index (χ3v) is 0.522. The molecule has 2 N–H and O–H groups in total. The van der Waals surface area contributed by atoms with Crippen LogP contribution >= 0.6 is 12.6 Å². The fourth-order valence-corrected chi connectivity index (χ4v) is 0. The molecule has 0 aromatic rings. The average Bonchev–Trinajstić information content (AvgIpc) is 1.63. The van der Waals surface area contributed by atoms with Crippen molar-refractivity contribution >= 4 is 23.5 Å². The van der Waals surface area contributed by atoms with Gasteiger partial charge in [-0.2, -0.15) is 0 Å². The van der Waals surface area contributed by atoms with Crippen LogP contribution in [-0.2, 0) is 42.3 Å². The van der Waals surface area contributed by atoms with Crippen LogP contribution in [0.5, 0.6) is 0 Å². The van der Waals surface area contributed by atoms with Gasteiger partial charge in [-0.1, -0.05) is 6.04 Å². The van der Waals surface area contributed by atoms with Crippen molar-refractivity contribution < 1.29 is 42.3 Å². The third-order valence-electron chi connectivity index (χ3n) is 0.522. The molecule has 5 heteroatoms. The van der Waals surface area contributed by atoms with Gasteiger partial charge in [-0.05, 0) is 6.92 Å². The number of ketones is 1. The maximum atomic E-state index is 9.96. The summed E-state index contributed by atoms with van der Waals surface area (Å²) < 4.78 is 0. The van der Waals surface area contributed by atoms with Gasteiger partial charge in [0.05, 0.1) is 0 Å². The molecule has 0 rings (SSSR count). The number of Topliss-reactive ketones (excluding diaryl/α,β-unsaturated/α-hetero) is 1. The zero-order chi connectivity index (χ0) is 8.73. The standard InChI is InChI=1S/C4H8NO.C2H4OS.Y/c1-3(5)4(2)6;1-2(3)4;/h3H,1,5H2,2H3;1H3,(H,3,4);/q-1;;. The van der Waals surface area contributed by atoms with Gasteiger partial charge in [0.25, 0.3) is 0 Å². The maximum absolute atomic E-state index is 9.96. The number of thiol groups is 1. The summed E-state index contributed by atoms with van der Waals surface area (Å²) in [5.41, 5.74) is 4.97. The van der Waals surface area contributed by atoms with Crippen LogP contribution in [0, 0.1) is 6.92 Å². The van der Waals surface area contributed by atoms with E-state index < -0.39 is 6.04 Å². The Morgan fingerprint density at radius 3 is 1.55 bits per heavy atom. The molecule has 0 aliphatic heterocycles. The van der Waals surface area contributed by atoms with Crippen LogP contribution in [0.15, 0.2) is 0 Å². The van der Waals surface area contributed by atoms with Crippen LogP contribution in [0.2, 0.25) is 0 Å². The molecule has 0 amide bonds. The average molecular weight is 251 g/mol. The summed E-state index contributed by atoms with van der Waals surface area (Å²) in [7, 11) is 0. The Labute approximate surface area is 97.8 Å². The summed E-state index contributed by atoms with van der Waals surface area (Å²) in [6.45, 7) is 6.07. The van der Waals surface area contributed by atoms with Gasteiger partial charge in [-0.3, -0.25) is 4.79 Å². The Morgan fingerprint density at radius 2 is 1.55 bits per heavy atom. The van der Waals surface area contributed by atoms with Crippen LogP contribution in [0.4, 0.5) is 0 Å². The predicted octanol–water partition coefficient (Wildman–Crippen LogP) is 0.197. The zero-order valence-electron chi connectivity index (χ0n) is 6.70. The third kappa shape index (κ3) is 36.5. The fourth-order valence-electron chi connectivity index (χ4n) is 0. The van der Waals surface area contributed by atoms with E-state index in [-0.39, 0.29) is 43.6 Å². The second kappa shape index (κ2) is 10.8. The van der Waals surface area contributed by atoms with Gasteiger partial charge in [0, 0.05) is 39.6 Å². The Morgan fingerprint density at radius 1 is 1.45 bits per heavy atom. The number of carbonyl (C=O) groups is 2. The summed E-state index contributed by atoms with van der Waals surface area (Å²) in [6.07, 6.45) is 0. The number of hydrogen-bond acceptors (Lipinski definition) is 3. The molecule has 0 heterocycles. The number of hydrogen-bond donors (Lipinski definition) is 2. The quantitative estimate of drug-likeness (QED) is 0.517. The molecule has 0 aromatic carbocycles. The van der Waals surface area contributed by atoms with Crippen molar-refractivity contribution in [3.8, 4) is 0 Å². The molecule has 1 unspecified atom stereocenters. The van der Waals surface area contributed by atoms with E-state index in [1.54, 1.807) is 0 Å². The van der Waals surface area contributed by atoms with Gasteiger partial charge < -0.3 is 17.5 Å². The number of nitrogens with two attached hydrogens (primary N) is 1. The smallest absolute Gasteiger partial charge is 0.182 e. The van der Waals surface area contributed by atoms with Gasteiger partial charge in [-0.25, -0.2) is 0 Å². The topological polar surface area (TPSA) is 60.2 Å². The first-order chi connectivity index (χ1) is 4.37. The van der Waals surface area contributed by atoms with Crippen molar-refractivity contribution in [3.05, 3.63) is 6.92 Å².